The van der Waals surface area contributed by atoms with E-state index in [-0.39, 0.29) is 24.4 Å². The molecule has 5 nitrogen and oxygen atoms in total. The lowest BCUT2D eigenvalue weighted by Gasteiger charge is -2.34. The second-order valence-electron chi connectivity index (χ2n) is 6.15. The Morgan fingerprint density at radius 1 is 1.38 bits per heavy atom. The van der Waals surface area contributed by atoms with E-state index in [1.165, 1.54) is 11.0 Å². The van der Waals surface area contributed by atoms with Gasteiger partial charge in [-0.15, -0.1) is 0 Å². The van der Waals surface area contributed by atoms with Gasteiger partial charge in [-0.2, -0.15) is 13.2 Å². The monoisotopic (exact) mass is 343 g/mol. The molecule has 132 valence electrons. The summed E-state index contributed by atoms with van der Waals surface area (Å²) in [6, 6.07) is 2.20. The van der Waals surface area contributed by atoms with Crippen LogP contribution in [0.25, 0.3) is 0 Å². The average Bonchev–Trinajstić information content (AvgIpc) is 2.53. The Kier molecular flexibility index (Phi) is 5.46. The summed E-state index contributed by atoms with van der Waals surface area (Å²) in [6.07, 6.45) is -2.35. The molecule has 2 rings (SSSR count). The summed E-state index contributed by atoms with van der Waals surface area (Å²) in [5.74, 6) is -1.03. The van der Waals surface area contributed by atoms with Gasteiger partial charge in [-0.1, -0.05) is 13.8 Å². The first kappa shape index (κ1) is 18.2. The molecule has 1 N–H and O–H groups in total. The fraction of sp³-hybridized carbons (Fsp3) is 0.562. The summed E-state index contributed by atoms with van der Waals surface area (Å²) in [5.41, 5.74) is -1.64. The Morgan fingerprint density at radius 3 is 2.71 bits per heavy atom. The van der Waals surface area contributed by atoms with Crippen LogP contribution < -0.4 is 5.32 Å². The minimum absolute atomic E-state index is 0.133. The van der Waals surface area contributed by atoms with Crippen LogP contribution in [0, 0.1) is 5.92 Å². The third kappa shape index (κ3) is 4.24. The third-order valence-electron chi connectivity index (χ3n) is 3.89. The van der Waals surface area contributed by atoms with Gasteiger partial charge in [-0.3, -0.25) is 14.6 Å². The highest BCUT2D eigenvalue weighted by Crippen LogP contribution is 2.31. The number of likely N-dealkylation sites (tertiary alicyclic amines) is 1. The van der Waals surface area contributed by atoms with Crippen molar-refractivity contribution in [3.05, 3.63) is 29.6 Å². The van der Waals surface area contributed by atoms with E-state index in [1.807, 2.05) is 0 Å². The molecule has 0 aliphatic carbocycles. The summed E-state index contributed by atoms with van der Waals surface area (Å²) in [7, 11) is 0. The van der Waals surface area contributed by atoms with Crippen molar-refractivity contribution in [1.29, 1.82) is 0 Å². The fourth-order valence-electron chi connectivity index (χ4n) is 2.62. The van der Waals surface area contributed by atoms with Crippen molar-refractivity contribution in [2.75, 3.05) is 13.1 Å². The first-order valence-electron chi connectivity index (χ1n) is 7.82. The minimum Gasteiger partial charge on any atom is -0.351 e. The molecular weight excluding hydrogens is 323 g/mol. The Morgan fingerprint density at radius 2 is 2.08 bits per heavy atom. The predicted molar refractivity (Wildman–Crippen MR) is 81.1 cm³/mol. The van der Waals surface area contributed by atoms with Gasteiger partial charge in [-0.25, -0.2) is 0 Å². The summed E-state index contributed by atoms with van der Waals surface area (Å²) in [4.78, 5) is 28.9. The van der Waals surface area contributed by atoms with Gasteiger partial charge in [0.1, 0.15) is 0 Å². The standard InChI is InChI=1S/C16H20F3N3O2/c1-10(2)14(23)21-11-5-4-8-22(9-11)15(24)12-6-3-7-20-13(12)16(17,18)19/h3,6-7,10-11H,4-5,8-9H2,1-2H3,(H,21,23)/t11-/m1/s1. The first-order valence-corrected chi connectivity index (χ1v) is 7.82. The van der Waals surface area contributed by atoms with E-state index in [0.29, 0.717) is 19.4 Å². The zero-order chi connectivity index (χ0) is 17.9. The van der Waals surface area contributed by atoms with Gasteiger partial charge >= 0.3 is 6.18 Å². The third-order valence-corrected chi connectivity index (χ3v) is 3.89. The van der Waals surface area contributed by atoms with Gasteiger partial charge in [-0.05, 0) is 25.0 Å². The SMILES string of the molecule is CC(C)C(=O)N[C@@H]1CCCN(C(=O)c2cccnc2C(F)(F)F)C1. The number of hydrogen-bond donors (Lipinski definition) is 1. The van der Waals surface area contributed by atoms with Crippen LogP contribution in [0.1, 0.15) is 42.7 Å². The van der Waals surface area contributed by atoms with Crippen LogP contribution in [-0.4, -0.2) is 40.8 Å². The van der Waals surface area contributed by atoms with Crippen LogP contribution in [0.5, 0.6) is 0 Å². The topological polar surface area (TPSA) is 62.3 Å². The Hall–Kier alpha value is -2.12. The number of piperidine rings is 1. The van der Waals surface area contributed by atoms with E-state index in [9.17, 15) is 22.8 Å². The number of halogens is 3. The van der Waals surface area contributed by atoms with Gasteiger partial charge in [0.05, 0.1) is 5.56 Å². The van der Waals surface area contributed by atoms with Gasteiger partial charge in [0.2, 0.25) is 5.91 Å². The molecule has 8 heteroatoms. The molecule has 2 amide bonds. The summed E-state index contributed by atoms with van der Waals surface area (Å²) in [5, 5.41) is 2.83. The van der Waals surface area contributed by atoms with Crippen molar-refractivity contribution in [2.45, 2.75) is 38.9 Å². The lowest BCUT2D eigenvalue weighted by molar-refractivity contribution is -0.141. The lowest BCUT2D eigenvalue weighted by atomic mass is 10.0. The number of rotatable bonds is 3. The Labute approximate surface area is 138 Å². The number of pyridine rings is 1. The zero-order valence-electron chi connectivity index (χ0n) is 13.6. The predicted octanol–water partition coefficient (Wildman–Crippen LogP) is 2.48. The fourth-order valence-corrected chi connectivity index (χ4v) is 2.62. The molecule has 0 radical (unpaired) electrons. The first-order chi connectivity index (χ1) is 11.2. The molecule has 1 aromatic rings. The van der Waals surface area contributed by atoms with Crippen molar-refractivity contribution in [2.24, 2.45) is 5.92 Å². The Balaban J connectivity index is 2.14. The highest BCUT2D eigenvalue weighted by Gasteiger charge is 2.38. The second kappa shape index (κ2) is 7.19. The van der Waals surface area contributed by atoms with E-state index in [4.69, 9.17) is 0 Å². The summed E-state index contributed by atoms with van der Waals surface area (Å²) >= 11 is 0. The molecule has 0 saturated carbocycles. The largest absolute Gasteiger partial charge is 0.434 e. The molecule has 1 saturated heterocycles. The number of hydrogen-bond acceptors (Lipinski definition) is 3. The molecule has 0 aromatic carbocycles. The Bertz CT molecular complexity index is 617. The molecule has 2 heterocycles. The quantitative estimate of drug-likeness (QED) is 0.917. The molecule has 1 aliphatic heterocycles. The van der Waals surface area contributed by atoms with Crippen molar-refractivity contribution in [3.8, 4) is 0 Å². The lowest BCUT2D eigenvalue weighted by Crippen LogP contribution is -2.50. The number of nitrogens with one attached hydrogen (secondary N) is 1. The second-order valence-corrected chi connectivity index (χ2v) is 6.15. The summed E-state index contributed by atoms with van der Waals surface area (Å²) in [6.45, 7) is 4.07. The normalized spacial score (nSPS) is 18.6. The number of alkyl halides is 3. The van der Waals surface area contributed by atoms with Crippen molar-refractivity contribution >= 4 is 11.8 Å². The average molecular weight is 343 g/mol. The molecule has 1 fully saturated rings. The zero-order valence-corrected chi connectivity index (χ0v) is 13.6. The highest BCUT2D eigenvalue weighted by molar-refractivity contribution is 5.95. The van der Waals surface area contributed by atoms with Gasteiger partial charge in [0, 0.05) is 31.2 Å². The number of aromatic nitrogens is 1. The molecule has 1 aromatic heterocycles. The van der Waals surface area contributed by atoms with Crippen LogP contribution in [0.4, 0.5) is 13.2 Å². The maximum Gasteiger partial charge on any atom is 0.434 e. The molecule has 1 aliphatic rings. The van der Waals surface area contributed by atoms with E-state index in [2.05, 4.69) is 10.3 Å². The van der Waals surface area contributed by atoms with E-state index in [1.54, 1.807) is 13.8 Å². The molecule has 0 unspecified atom stereocenters. The minimum atomic E-state index is -4.69. The van der Waals surface area contributed by atoms with Crippen LogP contribution in [0.2, 0.25) is 0 Å². The number of carbonyl (C=O) groups excluding carboxylic acids is 2. The van der Waals surface area contributed by atoms with Crippen LogP contribution in [0.15, 0.2) is 18.3 Å². The van der Waals surface area contributed by atoms with Crippen molar-refractivity contribution in [3.63, 3.8) is 0 Å². The van der Waals surface area contributed by atoms with Gasteiger partial charge in [0.25, 0.3) is 5.91 Å². The number of nitrogens with zero attached hydrogens (tertiary/aromatic N) is 2. The van der Waals surface area contributed by atoms with Gasteiger partial charge < -0.3 is 10.2 Å². The van der Waals surface area contributed by atoms with Crippen LogP contribution >= 0.6 is 0 Å². The summed E-state index contributed by atoms with van der Waals surface area (Å²) < 4.78 is 39.1. The van der Waals surface area contributed by atoms with Crippen LogP contribution in [-0.2, 0) is 11.0 Å². The molecule has 24 heavy (non-hydrogen) atoms. The van der Waals surface area contributed by atoms with Crippen LogP contribution in [0.3, 0.4) is 0 Å². The van der Waals surface area contributed by atoms with Crippen molar-refractivity contribution < 1.29 is 22.8 Å². The van der Waals surface area contributed by atoms with E-state index in [0.717, 1.165) is 12.3 Å². The molecular formula is C16H20F3N3O2. The van der Waals surface area contributed by atoms with Gasteiger partial charge in [0.15, 0.2) is 5.69 Å². The molecule has 0 bridgehead atoms. The molecule has 1 atom stereocenters. The molecule has 0 spiro atoms. The highest BCUT2D eigenvalue weighted by atomic mass is 19.4. The number of amides is 2. The number of carbonyl (C=O) groups is 2. The maximum absolute atomic E-state index is 13.0. The van der Waals surface area contributed by atoms with Crippen molar-refractivity contribution in [1.82, 2.24) is 15.2 Å². The maximum atomic E-state index is 13.0. The van der Waals surface area contributed by atoms with E-state index < -0.39 is 23.3 Å². The van der Waals surface area contributed by atoms with E-state index >= 15 is 0 Å². The smallest absolute Gasteiger partial charge is 0.351 e.